The fraction of sp³-hybridized carbons (Fsp3) is 0.167. The minimum atomic E-state index is -0.111. The summed E-state index contributed by atoms with van der Waals surface area (Å²) < 4.78 is 12.7. The Balaban J connectivity index is 1.44. The number of methoxy groups -OCH3 is 2. The normalized spacial score (nSPS) is 10.8. The van der Waals surface area contributed by atoms with Crippen molar-refractivity contribution >= 4 is 34.3 Å². The number of ether oxygens (including phenoxy) is 2. The van der Waals surface area contributed by atoms with E-state index < -0.39 is 0 Å². The van der Waals surface area contributed by atoms with Crippen molar-refractivity contribution in [3.05, 3.63) is 78.6 Å². The van der Waals surface area contributed by atoms with Crippen LogP contribution in [0, 0.1) is 0 Å². The van der Waals surface area contributed by atoms with Gasteiger partial charge in [0.15, 0.2) is 11.5 Å². The molecule has 158 valence electrons. The van der Waals surface area contributed by atoms with Crippen LogP contribution < -0.4 is 14.8 Å². The molecular weight excluding hydrogens is 410 g/mol. The Bertz CT molecular complexity index is 1190. The van der Waals surface area contributed by atoms with Crippen molar-refractivity contribution in [2.45, 2.75) is 11.6 Å². The molecule has 7 heteroatoms. The zero-order valence-electron chi connectivity index (χ0n) is 17.4. The molecule has 2 aromatic heterocycles. The smallest absolute Gasteiger partial charge is 0.234 e. The number of hydrogen-bond donors (Lipinski definition) is 1. The van der Waals surface area contributed by atoms with Gasteiger partial charge in [0.05, 0.1) is 25.5 Å². The molecular formula is C24H23N3O3S. The Morgan fingerprint density at radius 3 is 2.61 bits per heavy atom. The molecule has 2 heterocycles. The van der Waals surface area contributed by atoms with Gasteiger partial charge in [-0.15, -0.1) is 0 Å². The molecule has 6 nitrogen and oxygen atoms in total. The molecule has 1 N–H and O–H groups in total. The molecule has 0 fully saturated rings. The molecule has 1 amide bonds. The van der Waals surface area contributed by atoms with Gasteiger partial charge in [-0.05, 0) is 29.8 Å². The van der Waals surface area contributed by atoms with E-state index in [1.165, 1.54) is 17.3 Å². The SMILES string of the molecule is COc1ccc(NC(=O)CSc2nccc3c2ccn3Cc2ccccc2)cc1OC. The van der Waals surface area contributed by atoms with Crippen molar-refractivity contribution < 1.29 is 14.3 Å². The largest absolute Gasteiger partial charge is 0.493 e. The number of carbonyl (C=O) groups excluding carboxylic acids is 1. The maximum Gasteiger partial charge on any atom is 0.234 e. The average molecular weight is 434 g/mol. The summed E-state index contributed by atoms with van der Waals surface area (Å²) in [6, 6.07) is 19.7. The summed E-state index contributed by atoms with van der Waals surface area (Å²) in [5, 5.41) is 4.78. The van der Waals surface area contributed by atoms with Crippen LogP contribution in [0.4, 0.5) is 5.69 Å². The van der Waals surface area contributed by atoms with Gasteiger partial charge in [0.2, 0.25) is 5.91 Å². The number of nitrogens with one attached hydrogen (secondary N) is 1. The molecule has 0 saturated heterocycles. The molecule has 0 bridgehead atoms. The molecule has 0 saturated carbocycles. The van der Waals surface area contributed by atoms with Gasteiger partial charge in [-0.3, -0.25) is 4.79 Å². The number of pyridine rings is 1. The number of nitrogens with zero attached hydrogens (tertiary/aromatic N) is 2. The molecule has 0 aliphatic heterocycles. The molecule has 0 aliphatic carbocycles. The number of rotatable bonds is 8. The standard InChI is InChI=1S/C24H23N3O3S/c1-29-21-9-8-18(14-22(21)30-2)26-23(28)16-31-24-19-11-13-27(20(19)10-12-25-24)15-17-6-4-3-5-7-17/h3-14H,15-16H2,1-2H3,(H,26,28). The third kappa shape index (κ3) is 4.83. The maximum atomic E-state index is 12.5. The van der Waals surface area contributed by atoms with E-state index in [1.54, 1.807) is 38.6 Å². The van der Waals surface area contributed by atoms with Crippen LogP contribution in [0.15, 0.2) is 78.1 Å². The Morgan fingerprint density at radius 1 is 1.03 bits per heavy atom. The summed E-state index contributed by atoms with van der Waals surface area (Å²) in [4.78, 5) is 17.0. The molecule has 4 rings (SSSR count). The summed E-state index contributed by atoms with van der Waals surface area (Å²) >= 11 is 1.42. The Hall–Kier alpha value is -3.45. The van der Waals surface area contributed by atoms with Gasteiger partial charge in [0.1, 0.15) is 5.03 Å². The molecule has 0 atom stereocenters. The quantitative estimate of drug-likeness (QED) is 0.403. The topological polar surface area (TPSA) is 65.4 Å². The third-order valence-electron chi connectivity index (χ3n) is 4.86. The summed E-state index contributed by atoms with van der Waals surface area (Å²) in [6.45, 7) is 0.790. The van der Waals surface area contributed by atoms with Crippen molar-refractivity contribution in [3.63, 3.8) is 0 Å². The molecule has 0 spiro atoms. The van der Waals surface area contributed by atoms with Crippen LogP contribution in [-0.2, 0) is 11.3 Å². The van der Waals surface area contributed by atoms with Crippen LogP contribution in [0.5, 0.6) is 11.5 Å². The maximum absolute atomic E-state index is 12.5. The number of carbonyl (C=O) groups is 1. The first-order chi connectivity index (χ1) is 15.2. The molecule has 4 aromatic rings. The Labute approximate surface area is 185 Å². The van der Waals surface area contributed by atoms with Crippen LogP contribution in [0.2, 0.25) is 0 Å². The first-order valence-electron chi connectivity index (χ1n) is 9.80. The van der Waals surface area contributed by atoms with E-state index in [0.717, 1.165) is 22.5 Å². The van der Waals surface area contributed by atoms with Crippen molar-refractivity contribution in [1.82, 2.24) is 9.55 Å². The van der Waals surface area contributed by atoms with Gasteiger partial charge >= 0.3 is 0 Å². The number of benzene rings is 2. The highest BCUT2D eigenvalue weighted by molar-refractivity contribution is 8.00. The lowest BCUT2D eigenvalue weighted by Crippen LogP contribution is -2.14. The van der Waals surface area contributed by atoms with Crippen molar-refractivity contribution in [3.8, 4) is 11.5 Å². The first kappa shape index (κ1) is 20.8. The molecule has 0 radical (unpaired) electrons. The monoisotopic (exact) mass is 433 g/mol. The summed E-state index contributed by atoms with van der Waals surface area (Å²) in [7, 11) is 3.14. The fourth-order valence-electron chi connectivity index (χ4n) is 3.37. The van der Waals surface area contributed by atoms with E-state index in [2.05, 4.69) is 39.3 Å². The zero-order chi connectivity index (χ0) is 21.6. The van der Waals surface area contributed by atoms with Gasteiger partial charge in [-0.25, -0.2) is 4.98 Å². The zero-order valence-corrected chi connectivity index (χ0v) is 18.2. The minimum Gasteiger partial charge on any atom is -0.493 e. The Morgan fingerprint density at radius 2 is 1.84 bits per heavy atom. The number of aromatic nitrogens is 2. The van der Waals surface area contributed by atoms with E-state index in [0.29, 0.717) is 17.2 Å². The highest BCUT2D eigenvalue weighted by atomic mass is 32.2. The first-order valence-corrected chi connectivity index (χ1v) is 10.8. The van der Waals surface area contributed by atoms with Gasteiger partial charge in [-0.1, -0.05) is 42.1 Å². The summed E-state index contributed by atoms with van der Waals surface area (Å²) in [5.74, 6) is 1.33. The van der Waals surface area contributed by atoms with E-state index in [-0.39, 0.29) is 11.7 Å². The van der Waals surface area contributed by atoms with E-state index >= 15 is 0 Å². The lowest BCUT2D eigenvalue weighted by molar-refractivity contribution is -0.113. The molecule has 31 heavy (non-hydrogen) atoms. The highest BCUT2D eigenvalue weighted by Gasteiger charge is 2.12. The molecule has 0 aliphatic rings. The van der Waals surface area contributed by atoms with Crippen LogP contribution in [0.1, 0.15) is 5.56 Å². The highest BCUT2D eigenvalue weighted by Crippen LogP contribution is 2.30. The second-order valence-corrected chi connectivity index (χ2v) is 7.85. The third-order valence-corrected chi connectivity index (χ3v) is 5.87. The van der Waals surface area contributed by atoms with Gasteiger partial charge < -0.3 is 19.4 Å². The van der Waals surface area contributed by atoms with Crippen LogP contribution in [0.25, 0.3) is 10.9 Å². The second kappa shape index (κ2) is 9.57. The molecule has 0 unspecified atom stereocenters. The molecule has 2 aromatic carbocycles. The van der Waals surface area contributed by atoms with Crippen molar-refractivity contribution in [2.75, 3.05) is 25.3 Å². The minimum absolute atomic E-state index is 0.111. The lowest BCUT2D eigenvalue weighted by atomic mass is 10.2. The number of fused-ring (bicyclic) bond motifs is 1. The Kier molecular flexibility index (Phi) is 6.43. The number of thioether (sulfide) groups is 1. The predicted molar refractivity (Wildman–Crippen MR) is 124 cm³/mol. The summed E-state index contributed by atoms with van der Waals surface area (Å²) in [6.07, 6.45) is 3.85. The second-order valence-electron chi connectivity index (χ2n) is 6.88. The lowest BCUT2D eigenvalue weighted by Gasteiger charge is -2.10. The van der Waals surface area contributed by atoms with Gasteiger partial charge in [-0.2, -0.15) is 0 Å². The van der Waals surface area contributed by atoms with Crippen LogP contribution in [-0.4, -0.2) is 35.4 Å². The van der Waals surface area contributed by atoms with Gasteiger partial charge in [0, 0.05) is 36.1 Å². The van der Waals surface area contributed by atoms with Crippen molar-refractivity contribution in [2.24, 2.45) is 0 Å². The van der Waals surface area contributed by atoms with Crippen molar-refractivity contribution in [1.29, 1.82) is 0 Å². The number of amides is 1. The fourth-order valence-corrected chi connectivity index (χ4v) is 4.18. The van der Waals surface area contributed by atoms with Gasteiger partial charge in [0.25, 0.3) is 0 Å². The van der Waals surface area contributed by atoms with Crippen LogP contribution in [0.3, 0.4) is 0 Å². The average Bonchev–Trinajstić information content (AvgIpc) is 3.21. The summed E-state index contributed by atoms with van der Waals surface area (Å²) in [5.41, 5.74) is 2.99. The number of anilines is 1. The number of hydrogen-bond acceptors (Lipinski definition) is 5. The van der Waals surface area contributed by atoms with E-state index in [4.69, 9.17) is 9.47 Å². The van der Waals surface area contributed by atoms with Crippen LogP contribution >= 0.6 is 11.8 Å². The van der Waals surface area contributed by atoms with E-state index in [1.807, 2.05) is 24.3 Å². The predicted octanol–water partition coefficient (Wildman–Crippen LogP) is 4.83. The van der Waals surface area contributed by atoms with E-state index in [9.17, 15) is 4.79 Å².